The molecule has 152 valence electrons. The van der Waals surface area contributed by atoms with Crippen LogP contribution in [0.25, 0.3) is 10.9 Å². The van der Waals surface area contributed by atoms with Crippen LogP contribution in [-0.4, -0.2) is 40.7 Å². The van der Waals surface area contributed by atoms with Crippen molar-refractivity contribution in [1.29, 1.82) is 0 Å². The first-order valence-electron chi connectivity index (χ1n) is 10.1. The van der Waals surface area contributed by atoms with Crippen molar-refractivity contribution >= 4 is 22.5 Å². The maximum Gasteiger partial charge on any atom is 0.250 e. The Hall–Kier alpha value is -2.12. The van der Waals surface area contributed by atoms with Crippen LogP contribution in [-0.2, 0) is 12.8 Å². The van der Waals surface area contributed by atoms with E-state index >= 15 is 4.39 Å². The number of aromatic nitrogens is 1. The van der Waals surface area contributed by atoms with E-state index in [1.807, 2.05) is 18.7 Å². The van der Waals surface area contributed by atoms with Gasteiger partial charge in [-0.05, 0) is 63.5 Å². The number of aliphatic hydroxyl groups is 1. The number of amides is 1. The largest absolute Gasteiger partial charge is 0.390 e. The lowest BCUT2D eigenvalue weighted by atomic mass is 9.78. The number of piperidine rings is 1. The number of hydrogen-bond donors (Lipinski definition) is 4. The number of primary amides is 1. The van der Waals surface area contributed by atoms with Gasteiger partial charge in [-0.3, -0.25) is 4.79 Å². The maximum atomic E-state index is 15.2. The normalized spacial score (nSPS) is 23.1. The molecule has 2 aromatic rings. The molecule has 7 heteroatoms. The molecule has 1 saturated heterocycles. The molecule has 6 N–H and O–H groups in total. The minimum atomic E-state index is -0.796. The topological polar surface area (TPSA) is 108 Å². The van der Waals surface area contributed by atoms with Crippen molar-refractivity contribution in [3.05, 3.63) is 28.7 Å². The van der Waals surface area contributed by atoms with Crippen molar-refractivity contribution in [3.8, 4) is 0 Å². The standard InChI is InChI=1S/C21H29FN4O2/c1-21(2,28)11-5-6-13-16(8-11)25-18-14(20(24)27)9-15(22)19(17(13)18)26-7-3-4-12(23)10-26/h9,11-12,25,28H,3-8,10,23H2,1-2H3,(H2,24,27)/t11?,12-/m0/s1. The summed E-state index contributed by atoms with van der Waals surface area (Å²) in [6.45, 7) is 4.97. The Morgan fingerprint density at radius 1 is 1.39 bits per heavy atom. The van der Waals surface area contributed by atoms with Gasteiger partial charge in [-0.2, -0.15) is 0 Å². The number of carbonyl (C=O) groups is 1. The number of nitrogens with one attached hydrogen (secondary N) is 1. The number of carbonyl (C=O) groups excluding carboxylic acids is 1. The van der Waals surface area contributed by atoms with Gasteiger partial charge < -0.3 is 26.5 Å². The van der Waals surface area contributed by atoms with Gasteiger partial charge in [0, 0.05) is 30.2 Å². The van der Waals surface area contributed by atoms with Crippen molar-refractivity contribution < 1.29 is 14.3 Å². The van der Waals surface area contributed by atoms with Crippen LogP contribution < -0.4 is 16.4 Å². The second-order valence-corrected chi connectivity index (χ2v) is 8.89. The van der Waals surface area contributed by atoms with Crippen LogP contribution in [0.15, 0.2) is 6.07 Å². The Bertz CT molecular complexity index is 931. The van der Waals surface area contributed by atoms with E-state index in [0.29, 0.717) is 24.2 Å². The SMILES string of the molecule is CC(C)(O)C1CCc2c([nH]c3c(C(N)=O)cc(F)c(N4CCC[C@H](N)C4)c23)C1. The number of aryl methyl sites for hydroxylation is 1. The summed E-state index contributed by atoms with van der Waals surface area (Å²) < 4.78 is 15.2. The van der Waals surface area contributed by atoms with Crippen LogP contribution in [0.4, 0.5) is 10.1 Å². The Morgan fingerprint density at radius 3 is 2.79 bits per heavy atom. The van der Waals surface area contributed by atoms with E-state index in [4.69, 9.17) is 11.5 Å². The molecule has 0 bridgehead atoms. The second kappa shape index (κ2) is 6.74. The zero-order valence-corrected chi connectivity index (χ0v) is 16.5. The summed E-state index contributed by atoms with van der Waals surface area (Å²) in [5.74, 6) is -0.980. The highest BCUT2D eigenvalue weighted by Crippen LogP contribution is 2.42. The zero-order valence-electron chi connectivity index (χ0n) is 16.5. The van der Waals surface area contributed by atoms with Gasteiger partial charge >= 0.3 is 0 Å². The van der Waals surface area contributed by atoms with E-state index in [1.54, 1.807) is 0 Å². The molecule has 1 aliphatic carbocycles. The van der Waals surface area contributed by atoms with Crippen molar-refractivity contribution in [2.75, 3.05) is 18.0 Å². The molecule has 2 aliphatic rings. The average Bonchev–Trinajstić information content (AvgIpc) is 2.98. The van der Waals surface area contributed by atoms with Crippen LogP contribution in [0.5, 0.6) is 0 Å². The fraction of sp³-hybridized carbons (Fsp3) is 0.571. The number of rotatable bonds is 3. The van der Waals surface area contributed by atoms with E-state index in [9.17, 15) is 9.90 Å². The summed E-state index contributed by atoms with van der Waals surface area (Å²) in [5, 5.41) is 11.2. The Kier molecular flexibility index (Phi) is 4.62. The lowest BCUT2D eigenvalue weighted by Gasteiger charge is -2.34. The Labute approximate surface area is 164 Å². The van der Waals surface area contributed by atoms with Crippen molar-refractivity contribution in [2.24, 2.45) is 17.4 Å². The molecule has 28 heavy (non-hydrogen) atoms. The Morgan fingerprint density at radius 2 is 2.14 bits per heavy atom. The molecular weight excluding hydrogens is 359 g/mol. The number of nitrogens with two attached hydrogens (primary N) is 2. The van der Waals surface area contributed by atoms with Gasteiger partial charge in [0.05, 0.1) is 22.4 Å². The lowest BCUT2D eigenvalue weighted by molar-refractivity contribution is 0.0107. The molecule has 1 aromatic carbocycles. The van der Waals surface area contributed by atoms with E-state index in [0.717, 1.165) is 48.9 Å². The number of H-pyrrole nitrogens is 1. The van der Waals surface area contributed by atoms with Gasteiger partial charge in [0.25, 0.3) is 5.91 Å². The molecule has 0 saturated carbocycles. The van der Waals surface area contributed by atoms with Gasteiger partial charge in [-0.1, -0.05) is 0 Å². The van der Waals surface area contributed by atoms with E-state index in [2.05, 4.69) is 4.98 Å². The third-order valence-electron chi connectivity index (χ3n) is 6.43. The van der Waals surface area contributed by atoms with Crippen molar-refractivity contribution in [1.82, 2.24) is 4.98 Å². The quantitative estimate of drug-likeness (QED) is 0.646. The Balaban J connectivity index is 1.91. The minimum Gasteiger partial charge on any atom is -0.390 e. The molecule has 2 heterocycles. The summed E-state index contributed by atoms with van der Waals surface area (Å²) in [5.41, 5.74) is 14.2. The fourth-order valence-corrected chi connectivity index (χ4v) is 4.88. The van der Waals surface area contributed by atoms with E-state index in [-0.39, 0.29) is 17.5 Å². The smallest absolute Gasteiger partial charge is 0.250 e. The second-order valence-electron chi connectivity index (χ2n) is 8.89. The number of hydrogen-bond acceptors (Lipinski definition) is 4. The maximum absolute atomic E-state index is 15.2. The predicted molar refractivity (Wildman–Crippen MR) is 108 cm³/mol. The summed E-state index contributed by atoms with van der Waals surface area (Å²) in [4.78, 5) is 17.4. The molecule has 1 amide bonds. The van der Waals surface area contributed by atoms with E-state index in [1.165, 1.54) is 6.07 Å². The van der Waals surface area contributed by atoms with Crippen LogP contribution in [0, 0.1) is 11.7 Å². The number of anilines is 1. The monoisotopic (exact) mass is 388 g/mol. The van der Waals surface area contributed by atoms with Crippen molar-refractivity contribution in [3.63, 3.8) is 0 Å². The summed E-state index contributed by atoms with van der Waals surface area (Å²) in [7, 11) is 0. The van der Waals surface area contributed by atoms with Gasteiger partial charge in [0.15, 0.2) is 0 Å². The third-order valence-corrected chi connectivity index (χ3v) is 6.43. The van der Waals surface area contributed by atoms with E-state index < -0.39 is 17.3 Å². The first kappa shape index (κ1) is 19.2. The number of benzene rings is 1. The molecule has 0 radical (unpaired) electrons. The molecule has 2 atom stereocenters. The lowest BCUT2D eigenvalue weighted by Crippen LogP contribution is -2.43. The molecule has 1 aromatic heterocycles. The average molecular weight is 388 g/mol. The first-order chi connectivity index (χ1) is 13.2. The minimum absolute atomic E-state index is 0.00773. The molecule has 1 fully saturated rings. The molecule has 0 spiro atoms. The number of halogens is 1. The molecule has 4 rings (SSSR count). The first-order valence-corrected chi connectivity index (χ1v) is 10.1. The highest BCUT2D eigenvalue weighted by molar-refractivity contribution is 6.10. The zero-order chi connectivity index (χ0) is 20.2. The highest BCUT2D eigenvalue weighted by Gasteiger charge is 2.34. The summed E-state index contributed by atoms with van der Waals surface area (Å²) >= 11 is 0. The van der Waals surface area contributed by atoms with Crippen LogP contribution >= 0.6 is 0 Å². The number of fused-ring (bicyclic) bond motifs is 3. The number of aromatic amines is 1. The van der Waals surface area contributed by atoms with Crippen molar-refractivity contribution in [2.45, 2.75) is 57.6 Å². The van der Waals surface area contributed by atoms with Gasteiger partial charge in [0.2, 0.25) is 0 Å². The number of nitrogens with zero attached hydrogens (tertiary/aromatic N) is 1. The fourth-order valence-electron chi connectivity index (χ4n) is 4.88. The highest BCUT2D eigenvalue weighted by atomic mass is 19.1. The van der Waals surface area contributed by atoms with Crippen LogP contribution in [0.1, 0.15) is 54.7 Å². The summed E-state index contributed by atoms with van der Waals surface area (Å²) in [6.07, 6.45) is 4.03. The summed E-state index contributed by atoms with van der Waals surface area (Å²) in [6, 6.07) is 1.25. The van der Waals surface area contributed by atoms with Gasteiger partial charge in [-0.25, -0.2) is 4.39 Å². The van der Waals surface area contributed by atoms with Crippen LogP contribution in [0.3, 0.4) is 0 Å². The molecule has 1 aliphatic heterocycles. The molecule has 6 nitrogen and oxygen atoms in total. The van der Waals surface area contributed by atoms with Gasteiger partial charge in [0.1, 0.15) is 5.82 Å². The molecular formula is C21H29FN4O2. The molecule has 1 unspecified atom stereocenters. The third kappa shape index (κ3) is 3.16. The van der Waals surface area contributed by atoms with Gasteiger partial charge in [-0.15, -0.1) is 0 Å². The van der Waals surface area contributed by atoms with Crippen LogP contribution in [0.2, 0.25) is 0 Å². The predicted octanol–water partition coefficient (Wildman–Crippen LogP) is 2.21.